The molecule has 0 fully saturated rings. The molecule has 0 spiro atoms. The minimum absolute atomic E-state index is 0.404. The van der Waals surface area contributed by atoms with Crippen LogP contribution in [0.15, 0.2) is 36.7 Å². The molecule has 1 aliphatic rings. The Kier molecular flexibility index (Phi) is 3.33. The minimum atomic E-state index is 0.404. The summed E-state index contributed by atoms with van der Waals surface area (Å²) >= 11 is 1.34. The maximum Gasteiger partial charge on any atom is 0.330 e. The van der Waals surface area contributed by atoms with Crippen molar-refractivity contribution in [3.05, 3.63) is 48.1 Å². The summed E-state index contributed by atoms with van der Waals surface area (Å²) in [6, 6.07) is 9.45. The largest absolute Gasteiger partial charge is 0.486 e. The lowest BCUT2D eigenvalue weighted by Crippen LogP contribution is -2.15. The number of ether oxygens (including phenoxy) is 2. The highest BCUT2D eigenvalue weighted by Gasteiger charge is 2.16. The molecule has 1 aliphatic heterocycles. The van der Waals surface area contributed by atoms with Gasteiger partial charge in [-0.2, -0.15) is 0 Å². The molecule has 0 atom stereocenters. The molecule has 0 aliphatic carbocycles. The van der Waals surface area contributed by atoms with Gasteiger partial charge in [0, 0.05) is 11.8 Å². The minimum Gasteiger partial charge on any atom is -0.486 e. The molecule has 0 amide bonds. The predicted octanol–water partition coefficient (Wildman–Crippen LogP) is 4.31. The summed E-state index contributed by atoms with van der Waals surface area (Å²) in [5.41, 5.74) is 2.41. The molecule has 8 heteroatoms. The van der Waals surface area contributed by atoms with Crippen LogP contribution in [0.1, 0.15) is 0 Å². The topological polar surface area (TPSA) is 73.5 Å². The van der Waals surface area contributed by atoms with E-state index < -0.39 is 0 Å². The van der Waals surface area contributed by atoms with Crippen LogP contribution in [0.2, 0.25) is 0 Å². The number of hydrogen-bond donors (Lipinski definition) is 1. The molecule has 0 saturated heterocycles. The third-order valence-electron chi connectivity index (χ3n) is 4.05. The van der Waals surface area contributed by atoms with Gasteiger partial charge in [0.05, 0.1) is 15.6 Å². The molecule has 7 nitrogen and oxygen atoms in total. The third-order valence-corrected chi connectivity index (χ3v) is 5.03. The van der Waals surface area contributed by atoms with Gasteiger partial charge in [-0.1, -0.05) is 6.57 Å². The van der Waals surface area contributed by atoms with Crippen LogP contribution >= 0.6 is 11.3 Å². The number of hydrogen-bond acceptors (Lipinski definition) is 7. The molecule has 0 unspecified atom stereocenters. The molecule has 3 heterocycles. The van der Waals surface area contributed by atoms with Crippen molar-refractivity contribution < 1.29 is 9.47 Å². The van der Waals surface area contributed by atoms with Crippen LogP contribution in [0, 0.1) is 6.57 Å². The van der Waals surface area contributed by atoms with E-state index >= 15 is 0 Å². The molecule has 1 N–H and O–H groups in total. The number of fused-ring (bicyclic) bond motifs is 4. The first-order valence-electron chi connectivity index (χ1n) is 7.90. The summed E-state index contributed by atoms with van der Waals surface area (Å²) in [4.78, 5) is 16.5. The van der Waals surface area contributed by atoms with Gasteiger partial charge < -0.3 is 19.6 Å². The fraction of sp³-hybridized carbons (Fsp3) is 0.111. The summed E-state index contributed by atoms with van der Waals surface area (Å²) in [6.45, 7) is 8.30. The molecule has 2 aromatic carbocycles. The molecule has 0 radical (unpaired) electrons. The maximum atomic E-state index is 7.21. The first-order valence-corrected chi connectivity index (χ1v) is 8.72. The second-order valence-corrected chi connectivity index (χ2v) is 6.60. The number of nitrogens with zero attached hydrogens (tertiary/aromatic N) is 4. The number of nitrogens with one attached hydrogen (secondary N) is 1. The van der Waals surface area contributed by atoms with E-state index in [4.69, 9.17) is 16.0 Å². The summed E-state index contributed by atoms with van der Waals surface area (Å²) < 4.78 is 12.1. The van der Waals surface area contributed by atoms with Crippen LogP contribution in [0.3, 0.4) is 0 Å². The zero-order valence-corrected chi connectivity index (χ0v) is 14.2. The Balaban J connectivity index is 1.65. The summed E-state index contributed by atoms with van der Waals surface area (Å²) in [5, 5.41) is 4.59. The first kappa shape index (κ1) is 14.9. The average Bonchev–Trinajstić information content (AvgIpc) is 3.11. The van der Waals surface area contributed by atoms with Crippen LogP contribution in [0.5, 0.6) is 11.5 Å². The monoisotopic (exact) mass is 361 g/mol. The van der Waals surface area contributed by atoms with E-state index in [9.17, 15) is 0 Å². The standard InChI is InChI=1S/C18H11N5O2S/c1-19-18-23-12-4-3-11-15(16(12)26-18)17(21-9-20-11)22-10-2-5-13-14(8-10)25-7-6-24-13/h2-5,8-9H,6-7H2,(H,20,21,22). The number of rotatable bonds is 2. The van der Waals surface area contributed by atoms with Gasteiger partial charge in [-0.15, -0.1) is 16.3 Å². The fourth-order valence-corrected chi connectivity index (χ4v) is 3.81. The van der Waals surface area contributed by atoms with Gasteiger partial charge in [-0.25, -0.2) is 9.97 Å². The lowest BCUT2D eigenvalue weighted by atomic mass is 10.2. The zero-order valence-electron chi connectivity index (χ0n) is 13.4. The maximum absolute atomic E-state index is 7.21. The highest BCUT2D eigenvalue weighted by atomic mass is 32.1. The molecule has 26 heavy (non-hydrogen) atoms. The Bertz CT molecular complexity index is 1200. The zero-order chi connectivity index (χ0) is 17.5. The Morgan fingerprint density at radius 2 is 1.88 bits per heavy atom. The van der Waals surface area contributed by atoms with E-state index in [0.717, 1.165) is 32.6 Å². The van der Waals surface area contributed by atoms with Crippen molar-refractivity contribution in [3.63, 3.8) is 0 Å². The van der Waals surface area contributed by atoms with Gasteiger partial charge in [-0.05, 0) is 24.3 Å². The number of benzene rings is 2. The van der Waals surface area contributed by atoms with Crippen LogP contribution in [-0.2, 0) is 0 Å². The van der Waals surface area contributed by atoms with Gasteiger partial charge >= 0.3 is 5.13 Å². The summed E-state index contributed by atoms with van der Waals surface area (Å²) in [6.07, 6.45) is 1.52. The van der Waals surface area contributed by atoms with E-state index in [1.54, 1.807) is 0 Å². The van der Waals surface area contributed by atoms with Crippen LogP contribution in [-0.4, -0.2) is 28.2 Å². The predicted molar refractivity (Wildman–Crippen MR) is 99.7 cm³/mol. The van der Waals surface area contributed by atoms with Gasteiger partial charge in [-0.3, -0.25) is 0 Å². The Labute approximate surface area is 152 Å². The Hall–Kier alpha value is -3.44. The van der Waals surface area contributed by atoms with Crippen LogP contribution < -0.4 is 14.8 Å². The van der Waals surface area contributed by atoms with E-state index in [1.165, 1.54) is 17.7 Å². The number of thiazole rings is 1. The lowest BCUT2D eigenvalue weighted by molar-refractivity contribution is 0.171. The van der Waals surface area contributed by atoms with Crippen molar-refractivity contribution in [1.29, 1.82) is 0 Å². The van der Waals surface area contributed by atoms with E-state index in [-0.39, 0.29) is 0 Å². The molecular formula is C18H11N5O2S. The van der Waals surface area contributed by atoms with Crippen molar-refractivity contribution in [2.24, 2.45) is 0 Å². The summed E-state index contributed by atoms with van der Waals surface area (Å²) in [5.74, 6) is 2.11. The van der Waals surface area contributed by atoms with Crippen LogP contribution in [0.25, 0.3) is 26.0 Å². The van der Waals surface area contributed by atoms with Crippen molar-refractivity contribution in [1.82, 2.24) is 15.0 Å². The molecule has 0 bridgehead atoms. The molecule has 4 aromatic rings. The van der Waals surface area contributed by atoms with Crippen molar-refractivity contribution in [2.75, 3.05) is 18.5 Å². The molecule has 5 rings (SSSR count). The molecule has 0 saturated carbocycles. The first-order chi connectivity index (χ1) is 12.8. The molecule has 126 valence electrons. The van der Waals surface area contributed by atoms with E-state index in [1.807, 2.05) is 30.3 Å². The normalized spacial score (nSPS) is 12.9. The number of anilines is 2. The molecule has 2 aromatic heterocycles. The van der Waals surface area contributed by atoms with Crippen molar-refractivity contribution in [3.8, 4) is 11.5 Å². The van der Waals surface area contributed by atoms with Gasteiger partial charge in [0.1, 0.15) is 25.4 Å². The van der Waals surface area contributed by atoms with Gasteiger partial charge in [0.15, 0.2) is 17.0 Å². The highest BCUT2D eigenvalue weighted by Crippen LogP contribution is 2.38. The van der Waals surface area contributed by atoms with Gasteiger partial charge in [0.25, 0.3) is 0 Å². The lowest BCUT2D eigenvalue weighted by Gasteiger charge is -2.19. The van der Waals surface area contributed by atoms with E-state index in [2.05, 4.69) is 25.1 Å². The van der Waals surface area contributed by atoms with Gasteiger partial charge in [0.2, 0.25) is 0 Å². The second-order valence-electron chi connectivity index (χ2n) is 5.62. The fourth-order valence-electron chi connectivity index (χ4n) is 2.92. The summed E-state index contributed by atoms with van der Waals surface area (Å²) in [7, 11) is 0. The van der Waals surface area contributed by atoms with Crippen molar-refractivity contribution in [2.45, 2.75) is 0 Å². The SMILES string of the molecule is [C-]#[N+]c1nc2ccc3ncnc(Nc4ccc5c(c4)OCCO5)c3c2s1. The smallest absolute Gasteiger partial charge is 0.330 e. The van der Waals surface area contributed by atoms with Crippen molar-refractivity contribution >= 4 is 49.1 Å². The quantitative estimate of drug-likeness (QED) is 0.537. The highest BCUT2D eigenvalue weighted by molar-refractivity contribution is 7.23. The van der Waals surface area contributed by atoms with E-state index in [0.29, 0.717) is 29.9 Å². The Morgan fingerprint density at radius 1 is 1.04 bits per heavy atom. The Morgan fingerprint density at radius 3 is 2.77 bits per heavy atom. The molecular weight excluding hydrogens is 350 g/mol. The second kappa shape index (κ2) is 5.82. The third kappa shape index (κ3) is 2.37. The number of aromatic nitrogens is 3. The average molecular weight is 361 g/mol. The van der Waals surface area contributed by atoms with Crippen LogP contribution in [0.4, 0.5) is 16.6 Å².